The van der Waals surface area contributed by atoms with Crippen molar-refractivity contribution in [1.82, 2.24) is 4.90 Å². The summed E-state index contributed by atoms with van der Waals surface area (Å²) in [5.74, 6) is -0.950. The average molecular weight is 452 g/mol. The minimum atomic E-state index is -3.83. The van der Waals surface area contributed by atoms with Gasteiger partial charge in [-0.15, -0.1) is 0 Å². The Kier molecular flexibility index (Phi) is 6.35. The maximum atomic E-state index is 14.4. The van der Waals surface area contributed by atoms with Crippen LogP contribution in [-0.2, 0) is 19.0 Å². The summed E-state index contributed by atoms with van der Waals surface area (Å²) in [6.45, 7) is 5.91. The summed E-state index contributed by atoms with van der Waals surface area (Å²) in [5.41, 5.74) is -0.499. The van der Waals surface area contributed by atoms with Crippen molar-refractivity contribution in [2.24, 2.45) is 5.92 Å². The van der Waals surface area contributed by atoms with E-state index in [1.54, 1.807) is 26.8 Å². The van der Waals surface area contributed by atoms with Crippen LogP contribution in [0.1, 0.15) is 38.9 Å². The van der Waals surface area contributed by atoms with E-state index in [1.807, 2.05) is 0 Å². The van der Waals surface area contributed by atoms with Crippen LogP contribution in [0.25, 0.3) is 0 Å². The topological polar surface area (TPSA) is 72.9 Å². The van der Waals surface area contributed by atoms with E-state index in [4.69, 9.17) is 8.92 Å². The molecule has 1 aromatic carbocycles. The standard InChI is InChI=1S/C17H23BrFNO5S/c1-17(2,3)24-16(21)20-9-8-11(10-20)15(25-26(4,22)23)14-12(18)6-5-7-13(14)19/h5-7,11,15H,8-10H2,1-4H3. The summed E-state index contributed by atoms with van der Waals surface area (Å²) in [6.07, 6.45) is -0.117. The minimum absolute atomic E-state index is 0.133. The molecule has 0 spiro atoms. The Hall–Kier alpha value is -1.19. The van der Waals surface area contributed by atoms with Crippen molar-refractivity contribution in [2.75, 3.05) is 19.3 Å². The smallest absolute Gasteiger partial charge is 0.410 e. The molecule has 0 radical (unpaired) electrons. The summed E-state index contributed by atoms with van der Waals surface area (Å²) in [6, 6.07) is 4.39. The highest BCUT2D eigenvalue weighted by atomic mass is 79.9. The van der Waals surface area contributed by atoms with E-state index in [0.29, 0.717) is 17.4 Å². The first-order valence-corrected chi connectivity index (χ1v) is 10.8. The fraction of sp³-hybridized carbons (Fsp3) is 0.588. The lowest BCUT2D eigenvalue weighted by molar-refractivity contribution is 0.0275. The van der Waals surface area contributed by atoms with Crippen LogP contribution in [0.5, 0.6) is 0 Å². The number of ether oxygens (including phenoxy) is 1. The van der Waals surface area contributed by atoms with Crippen molar-refractivity contribution in [3.05, 3.63) is 34.1 Å². The molecule has 0 aromatic heterocycles. The van der Waals surface area contributed by atoms with E-state index in [2.05, 4.69) is 15.9 Å². The Labute approximate surface area is 161 Å². The summed E-state index contributed by atoms with van der Waals surface area (Å²) in [4.78, 5) is 13.7. The summed E-state index contributed by atoms with van der Waals surface area (Å²) in [5, 5.41) is 0. The van der Waals surface area contributed by atoms with Crippen LogP contribution in [0.4, 0.5) is 9.18 Å². The Bertz CT molecular complexity index is 758. The van der Waals surface area contributed by atoms with Gasteiger partial charge in [0.1, 0.15) is 17.5 Å². The molecule has 1 aromatic rings. The number of rotatable bonds is 4. The highest BCUT2D eigenvalue weighted by Crippen LogP contribution is 2.39. The fourth-order valence-corrected chi connectivity index (χ4v) is 4.06. The van der Waals surface area contributed by atoms with Gasteiger partial charge in [-0.3, -0.25) is 4.18 Å². The Balaban J connectivity index is 2.27. The fourth-order valence-electron chi connectivity index (χ4n) is 2.86. The van der Waals surface area contributed by atoms with Gasteiger partial charge in [-0.25, -0.2) is 9.18 Å². The number of amides is 1. The Morgan fingerprint density at radius 3 is 2.58 bits per heavy atom. The molecule has 2 unspecified atom stereocenters. The van der Waals surface area contributed by atoms with Crippen LogP contribution in [0.15, 0.2) is 22.7 Å². The molecule has 146 valence electrons. The van der Waals surface area contributed by atoms with Crippen molar-refractivity contribution in [3.8, 4) is 0 Å². The van der Waals surface area contributed by atoms with Crippen LogP contribution in [0, 0.1) is 11.7 Å². The average Bonchev–Trinajstić information content (AvgIpc) is 2.92. The number of likely N-dealkylation sites (tertiary alicyclic amines) is 1. The van der Waals surface area contributed by atoms with Crippen LogP contribution >= 0.6 is 15.9 Å². The SMILES string of the molecule is CC(C)(C)OC(=O)N1CCC(C(OS(C)(=O)=O)c2c(F)cccc2Br)C1. The highest BCUT2D eigenvalue weighted by molar-refractivity contribution is 9.10. The number of halogens is 2. The van der Waals surface area contributed by atoms with Gasteiger partial charge in [-0.2, -0.15) is 8.42 Å². The van der Waals surface area contributed by atoms with Crippen LogP contribution in [0.3, 0.4) is 0 Å². The normalized spacial score (nSPS) is 19.5. The molecular formula is C17H23BrFNO5S. The van der Waals surface area contributed by atoms with Crippen LogP contribution in [-0.4, -0.2) is 44.4 Å². The van der Waals surface area contributed by atoms with Gasteiger partial charge in [0.15, 0.2) is 0 Å². The summed E-state index contributed by atoms with van der Waals surface area (Å²) < 4.78 is 48.9. The lowest BCUT2D eigenvalue weighted by Gasteiger charge is -2.26. The first-order chi connectivity index (χ1) is 11.9. The lowest BCUT2D eigenvalue weighted by atomic mass is 9.95. The van der Waals surface area contributed by atoms with Crippen molar-refractivity contribution >= 4 is 32.1 Å². The molecule has 26 heavy (non-hydrogen) atoms. The predicted molar refractivity (Wildman–Crippen MR) is 98.7 cm³/mol. The van der Waals surface area contributed by atoms with Crippen LogP contribution < -0.4 is 0 Å². The maximum Gasteiger partial charge on any atom is 0.410 e. The van der Waals surface area contributed by atoms with Gasteiger partial charge < -0.3 is 9.64 Å². The third-order valence-corrected chi connectivity index (χ3v) is 5.12. The number of benzene rings is 1. The lowest BCUT2D eigenvalue weighted by Crippen LogP contribution is -2.36. The first kappa shape index (κ1) is 21.1. The number of hydrogen-bond donors (Lipinski definition) is 0. The molecule has 9 heteroatoms. The number of carbonyl (C=O) groups excluding carboxylic acids is 1. The van der Waals surface area contributed by atoms with Gasteiger partial charge in [0, 0.05) is 29.0 Å². The second-order valence-electron chi connectivity index (χ2n) is 7.33. The Morgan fingerprint density at radius 1 is 1.38 bits per heavy atom. The molecule has 1 amide bonds. The molecule has 0 saturated carbocycles. The second kappa shape index (κ2) is 7.82. The van der Waals surface area contributed by atoms with E-state index in [1.165, 1.54) is 17.0 Å². The predicted octanol–water partition coefficient (Wildman–Crippen LogP) is 3.86. The quantitative estimate of drug-likeness (QED) is 0.649. The molecule has 6 nitrogen and oxygen atoms in total. The largest absolute Gasteiger partial charge is 0.444 e. The molecule has 1 aliphatic rings. The molecule has 0 N–H and O–H groups in total. The molecule has 1 saturated heterocycles. The van der Waals surface area contributed by atoms with Crippen molar-refractivity contribution < 1.29 is 26.5 Å². The zero-order valence-electron chi connectivity index (χ0n) is 15.2. The van der Waals surface area contributed by atoms with E-state index >= 15 is 0 Å². The van der Waals surface area contributed by atoms with Crippen molar-refractivity contribution in [2.45, 2.75) is 38.9 Å². The van der Waals surface area contributed by atoms with Gasteiger partial charge in [-0.05, 0) is 39.3 Å². The van der Waals surface area contributed by atoms with Gasteiger partial charge >= 0.3 is 6.09 Å². The van der Waals surface area contributed by atoms with Crippen molar-refractivity contribution in [3.63, 3.8) is 0 Å². The zero-order valence-corrected chi connectivity index (χ0v) is 17.6. The highest BCUT2D eigenvalue weighted by Gasteiger charge is 2.38. The van der Waals surface area contributed by atoms with E-state index in [0.717, 1.165) is 6.26 Å². The molecule has 2 rings (SSSR count). The van der Waals surface area contributed by atoms with E-state index < -0.39 is 33.7 Å². The molecule has 0 bridgehead atoms. The van der Waals surface area contributed by atoms with Gasteiger partial charge in [0.05, 0.1) is 6.26 Å². The summed E-state index contributed by atoms with van der Waals surface area (Å²) in [7, 11) is -3.83. The van der Waals surface area contributed by atoms with Gasteiger partial charge in [0.2, 0.25) is 0 Å². The molecule has 2 atom stereocenters. The molecular weight excluding hydrogens is 429 g/mol. The number of carbonyl (C=O) groups is 1. The Morgan fingerprint density at radius 2 is 2.04 bits per heavy atom. The molecule has 0 aliphatic carbocycles. The maximum absolute atomic E-state index is 14.4. The van der Waals surface area contributed by atoms with Crippen LogP contribution in [0.2, 0.25) is 0 Å². The van der Waals surface area contributed by atoms with E-state index in [-0.39, 0.29) is 18.0 Å². The molecule has 1 heterocycles. The second-order valence-corrected chi connectivity index (χ2v) is 9.79. The number of nitrogens with zero attached hydrogens (tertiary/aromatic N) is 1. The molecule has 1 fully saturated rings. The monoisotopic (exact) mass is 451 g/mol. The third kappa shape index (κ3) is 5.65. The van der Waals surface area contributed by atoms with Gasteiger partial charge in [0.25, 0.3) is 10.1 Å². The minimum Gasteiger partial charge on any atom is -0.444 e. The number of hydrogen-bond acceptors (Lipinski definition) is 5. The summed E-state index contributed by atoms with van der Waals surface area (Å²) >= 11 is 3.27. The molecule has 1 aliphatic heterocycles. The first-order valence-electron chi connectivity index (χ1n) is 8.17. The van der Waals surface area contributed by atoms with Gasteiger partial charge in [-0.1, -0.05) is 22.0 Å². The third-order valence-electron chi connectivity index (χ3n) is 3.87. The zero-order chi connectivity index (χ0) is 19.7. The van der Waals surface area contributed by atoms with Crippen molar-refractivity contribution in [1.29, 1.82) is 0 Å². The van der Waals surface area contributed by atoms with E-state index in [9.17, 15) is 17.6 Å².